The summed E-state index contributed by atoms with van der Waals surface area (Å²) in [5, 5.41) is 7.17. The maximum absolute atomic E-state index is 5.38. The molecule has 0 fully saturated rings. The van der Waals surface area contributed by atoms with Crippen LogP contribution in [0.15, 0.2) is 158 Å². The quantitative estimate of drug-likeness (QED) is 0.178. The molecule has 0 spiro atoms. The highest BCUT2D eigenvalue weighted by molar-refractivity contribution is 6.12. The second-order valence-corrected chi connectivity index (χ2v) is 19.5. The lowest BCUT2D eigenvalue weighted by Gasteiger charge is -2.42. The van der Waals surface area contributed by atoms with Crippen molar-refractivity contribution in [1.82, 2.24) is 19.5 Å². The average molecular weight is 801 g/mol. The lowest BCUT2D eigenvalue weighted by molar-refractivity contribution is 0.332. The molecule has 8 aromatic carbocycles. The third-order valence-corrected chi connectivity index (χ3v) is 14.5. The highest BCUT2D eigenvalue weighted by atomic mass is 15.0. The molecule has 0 N–H and O–H groups in total. The summed E-state index contributed by atoms with van der Waals surface area (Å²) in [4.78, 5) is 16.0. The predicted octanol–water partition coefficient (Wildman–Crippen LogP) is 14.9. The zero-order valence-electron chi connectivity index (χ0n) is 36.2. The standard InChI is InChI=1S/C58H48N4/c1-56(2)29-30-57(3,4)49-34-52-45(33-48(49)56)43-20-12-14-22-50(43)62(52)51-28-27-44(39-17-9-10-19-42(39)51)55-60-53(37-24-23-35-15-7-8-16-36(35)31-37)59-54(61-55)38-25-26-41-40-18-11-13-21-46(40)58(5,6)47(41)32-38/h7-28,31-34H,29-30H2,1-6H3. The molecule has 2 aliphatic carbocycles. The van der Waals surface area contributed by atoms with Crippen LogP contribution in [0.3, 0.4) is 0 Å². The van der Waals surface area contributed by atoms with Crippen LogP contribution in [0, 0.1) is 0 Å². The van der Waals surface area contributed by atoms with Gasteiger partial charge in [0.1, 0.15) is 0 Å². The summed E-state index contributed by atoms with van der Waals surface area (Å²) in [5.41, 5.74) is 14.7. The van der Waals surface area contributed by atoms with Gasteiger partial charge in [0.05, 0.1) is 16.7 Å². The van der Waals surface area contributed by atoms with Crippen LogP contribution < -0.4 is 0 Å². The van der Waals surface area contributed by atoms with Crippen molar-refractivity contribution >= 4 is 43.4 Å². The van der Waals surface area contributed by atoms with Crippen molar-refractivity contribution in [3.8, 4) is 51.0 Å². The monoisotopic (exact) mass is 800 g/mol. The molecule has 0 saturated heterocycles. The van der Waals surface area contributed by atoms with E-state index in [1.54, 1.807) is 0 Å². The van der Waals surface area contributed by atoms with E-state index in [4.69, 9.17) is 15.0 Å². The van der Waals surface area contributed by atoms with Crippen LogP contribution in [0.1, 0.15) is 76.6 Å². The highest BCUT2D eigenvalue weighted by Gasteiger charge is 2.38. The summed E-state index contributed by atoms with van der Waals surface area (Å²) in [6.07, 6.45) is 2.35. The zero-order chi connectivity index (χ0) is 42.1. The van der Waals surface area contributed by atoms with Crippen molar-refractivity contribution in [1.29, 1.82) is 0 Å². The lowest BCUT2D eigenvalue weighted by atomic mass is 9.63. The molecule has 2 aliphatic rings. The Hall–Kier alpha value is -6.91. The fourth-order valence-electron chi connectivity index (χ4n) is 10.9. The molecule has 300 valence electrons. The Bertz CT molecular complexity index is 3510. The van der Waals surface area contributed by atoms with E-state index in [1.165, 1.54) is 73.4 Å². The molecule has 0 atom stereocenters. The van der Waals surface area contributed by atoms with Gasteiger partial charge in [-0.1, -0.05) is 157 Å². The van der Waals surface area contributed by atoms with Gasteiger partial charge in [-0.15, -0.1) is 0 Å². The molecule has 4 heteroatoms. The number of hydrogen-bond donors (Lipinski definition) is 0. The van der Waals surface area contributed by atoms with Crippen molar-refractivity contribution < 1.29 is 0 Å². The molecule has 0 amide bonds. The van der Waals surface area contributed by atoms with E-state index in [1.807, 2.05) is 0 Å². The normalized spacial score (nSPS) is 15.8. The number of rotatable bonds is 4. The Morgan fingerprint density at radius 1 is 0.387 bits per heavy atom. The van der Waals surface area contributed by atoms with Gasteiger partial charge in [-0.2, -0.15) is 0 Å². The van der Waals surface area contributed by atoms with Crippen LogP contribution in [0.2, 0.25) is 0 Å². The Labute approximate surface area is 363 Å². The van der Waals surface area contributed by atoms with Crippen molar-refractivity contribution in [2.45, 2.75) is 70.6 Å². The molecular formula is C58H48N4. The first-order valence-corrected chi connectivity index (χ1v) is 22.1. The van der Waals surface area contributed by atoms with E-state index in [2.05, 4.69) is 204 Å². The number of hydrogen-bond acceptors (Lipinski definition) is 3. The van der Waals surface area contributed by atoms with Gasteiger partial charge in [-0.3, -0.25) is 0 Å². The van der Waals surface area contributed by atoms with Gasteiger partial charge in [0.2, 0.25) is 0 Å². The first-order chi connectivity index (χ1) is 30.0. The number of aromatic nitrogens is 4. The van der Waals surface area contributed by atoms with Gasteiger partial charge in [0.15, 0.2) is 17.5 Å². The number of fused-ring (bicyclic) bond motifs is 9. The number of para-hydroxylation sites is 1. The molecule has 2 aromatic heterocycles. The largest absolute Gasteiger partial charge is 0.309 e. The van der Waals surface area contributed by atoms with Gasteiger partial charge < -0.3 is 4.57 Å². The van der Waals surface area contributed by atoms with E-state index >= 15 is 0 Å². The van der Waals surface area contributed by atoms with E-state index in [9.17, 15) is 0 Å². The minimum Gasteiger partial charge on any atom is -0.309 e. The van der Waals surface area contributed by atoms with Crippen molar-refractivity contribution in [3.05, 3.63) is 180 Å². The van der Waals surface area contributed by atoms with E-state index in [0.717, 1.165) is 38.5 Å². The molecule has 0 bridgehead atoms. The zero-order valence-corrected chi connectivity index (χ0v) is 36.2. The first-order valence-electron chi connectivity index (χ1n) is 22.1. The second-order valence-electron chi connectivity index (χ2n) is 19.5. The molecular weight excluding hydrogens is 753 g/mol. The van der Waals surface area contributed by atoms with Crippen LogP contribution in [0.25, 0.3) is 94.3 Å². The van der Waals surface area contributed by atoms with Crippen molar-refractivity contribution in [2.24, 2.45) is 0 Å². The molecule has 0 unspecified atom stereocenters. The van der Waals surface area contributed by atoms with Gasteiger partial charge in [0.25, 0.3) is 0 Å². The maximum Gasteiger partial charge on any atom is 0.164 e. The predicted molar refractivity (Wildman–Crippen MR) is 258 cm³/mol. The van der Waals surface area contributed by atoms with Crippen molar-refractivity contribution in [2.75, 3.05) is 0 Å². The molecule has 2 heterocycles. The smallest absolute Gasteiger partial charge is 0.164 e. The summed E-state index contributed by atoms with van der Waals surface area (Å²) >= 11 is 0. The Morgan fingerprint density at radius 2 is 0.968 bits per heavy atom. The SMILES string of the molecule is CC1(C)CCC(C)(C)c2cc3c(cc21)c1ccccc1n3-c1ccc(-c2nc(-c3ccc4c(c3)C(C)(C)c3ccccc3-4)nc(-c3ccc4ccccc4c3)n2)c2ccccc12. The first kappa shape index (κ1) is 36.9. The van der Waals surface area contributed by atoms with E-state index < -0.39 is 0 Å². The Morgan fingerprint density at radius 3 is 1.76 bits per heavy atom. The molecule has 10 aromatic rings. The highest BCUT2D eigenvalue weighted by Crippen LogP contribution is 2.51. The van der Waals surface area contributed by atoms with Gasteiger partial charge >= 0.3 is 0 Å². The van der Waals surface area contributed by atoms with Crippen molar-refractivity contribution in [3.63, 3.8) is 0 Å². The third-order valence-electron chi connectivity index (χ3n) is 14.5. The topological polar surface area (TPSA) is 43.6 Å². The average Bonchev–Trinajstić information content (AvgIpc) is 3.74. The van der Waals surface area contributed by atoms with E-state index in [0.29, 0.717) is 17.5 Å². The summed E-state index contributed by atoms with van der Waals surface area (Å²) in [6.45, 7) is 14.3. The van der Waals surface area contributed by atoms with Crippen LogP contribution in [0.4, 0.5) is 0 Å². The fraction of sp³-hybridized carbons (Fsp3) is 0.190. The molecule has 0 aliphatic heterocycles. The minimum atomic E-state index is -0.150. The fourth-order valence-corrected chi connectivity index (χ4v) is 10.9. The lowest BCUT2D eigenvalue weighted by Crippen LogP contribution is -2.33. The molecule has 4 nitrogen and oxygen atoms in total. The molecule has 12 rings (SSSR count). The third kappa shape index (κ3) is 5.42. The Balaban J connectivity index is 1.08. The van der Waals surface area contributed by atoms with Crippen LogP contribution in [0.5, 0.6) is 0 Å². The van der Waals surface area contributed by atoms with Crippen LogP contribution in [-0.4, -0.2) is 19.5 Å². The number of nitrogens with zero attached hydrogens (tertiary/aromatic N) is 4. The van der Waals surface area contributed by atoms with Gasteiger partial charge in [-0.25, -0.2) is 15.0 Å². The summed E-state index contributed by atoms with van der Waals surface area (Å²) in [6, 6.07) is 57.7. The second kappa shape index (κ2) is 13.0. The molecule has 0 saturated carbocycles. The van der Waals surface area contributed by atoms with Gasteiger partial charge in [-0.05, 0) is 116 Å². The summed E-state index contributed by atoms with van der Waals surface area (Å²) < 4.78 is 2.50. The maximum atomic E-state index is 5.38. The van der Waals surface area contributed by atoms with E-state index in [-0.39, 0.29) is 16.2 Å². The molecule has 62 heavy (non-hydrogen) atoms. The van der Waals surface area contributed by atoms with Gasteiger partial charge in [0, 0.05) is 38.3 Å². The van der Waals surface area contributed by atoms with Crippen LogP contribution in [-0.2, 0) is 16.2 Å². The minimum absolute atomic E-state index is 0.0873. The molecule has 0 radical (unpaired) electrons. The summed E-state index contributed by atoms with van der Waals surface area (Å²) in [7, 11) is 0. The van der Waals surface area contributed by atoms with Crippen LogP contribution >= 0.6 is 0 Å². The Kier molecular flexibility index (Phi) is 7.77. The summed E-state index contributed by atoms with van der Waals surface area (Å²) in [5.74, 6) is 1.98. The number of benzene rings is 8.